The van der Waals surface area contributed by atoms with Crippen molar-refractivity contribution in [1.82, 2.24) is 0 Å². The second-order valence-corrected chi connectivity index (χ2v) is 5.05. The van der Waals surface area contributed by atoms with Gasteiger partial charge in [0, 0.05) is 25.2 Å². The molecule has 15 heavy (non-hydrogen) atoms. The van der Waals surface area contributed by atoms with Crippen LogP contribution in [0.15, 0.2) is 0 Å². The van der Waals surface area contributed by atoms with Gasteiger partial charge >= 0.3 is 0 Å². The third-order valence-corrected chi connectivity index (χ3v) is 4.49. The van der Waals surface area contributed by atoms with Crippen molar-refractivity contribution in [3.63, 3.8) is 0 Å². The molecule has 1 saturated heterocycles. The second-order valence-electron chi connectivity index (χ2n) is 5.05. The molecule has 1 aliphatic rings. The van der Waals surface area contributed by atoms with Crippen molar-refractivity contribution >= 4 is 0 Å². The van der Waals surface area contributed by atoms with Crippen molar-refractivity contribution < 1.29 is 9.84 Å². The molecule has 0 amide bonds. The summed E-state index contributed by atoms with van der Waals surface area (Å²) in [6.45, 7) is 8.16. The predicted octanol–water partition coefficient (Wildman–Crippen LogP) is 1.54. The maximum Gasteiger partial charge on any atom is 0.0714 e. The Morgan fingerprint density at radius 3 is 2.40 bits per heavy atom. The van der Waals surface area contributed by atoms with E-state index in [1.165, 1.54) is 0 Å². The lowest BCUT2D eigenvalue weighted by Gasteiger charge is -2.50. The molecule has 0 aromatic carbocycles. The van der Waals surface area contributed by atoms with E-state index in [0.29, 0.717) is 6.54 Å². The van der Waals surface area contributed by atoms with Crippen molar-refractivity contribution in [2.24, 2.45) is 17.1 Å². The summed E-state index contributed by atoms with van der Waals surface area (Å²) >= 11 is 0. The largest absolute Gasteiger partial charge is 0.389 e. The lowest BCUT2D eigenvalue weighted by atomic mass is 9.62. The lowest BCUT2D eigenvalue weighted by molar-refractivity contribution is -0.146. The van der Waals surface area contributed by atoms with Crippen molar-refractivity contribution in [1.29, 1.82) is 0 Å². The van der Waals surface area contributed by atoms with Gasteiger partial charge in [-0.1, -0.05) is 20.3 Å². The molecule has 0 radical (unpaired) electrons. The van der Waals surface area contributed by atoms with E-state index in [-0.39, 0.29) is 11.3 Å². The molecular formula is C12H25NO2. The molecule has 90 valence electrons. The first kappa shape index (κ1) is 12.9. The summed E-state index contributed by atoms with van der Waals surface area (Å²) in [7, 11) is 0. The van der Waals surface area contributed by atoms with Gasteiger partial charge in [0.15, 0.2) is 0 Å². The smallest absolute Gasteiger partial charge is 0.0714 e. The highest BCUT2D eigenvalue weighted by Gasteiger charge is 2.49. The van der Waals surface area contributed by atoms with E-state index in [0.717, 1.165) is 32.5 Å². The Balaban J connectivity index is 2.87. The summed E-state index contributed by atoms with van der Waals surface area (Å²) in [4.78, 5) is 0. The zero-order valence-corrected chi connectivity index (χ0v) is 10.3. The molecule has 1 heterocycles. The number of aliphatic hydroxyl groups is 1. The zero-order valence-electron chi connectivity index (χ0n) is 10.3. The fourth-order valence-electron chi connectivity index (χ4n) is 2.60. The topological polar surface area (TPSA) is 55.5 Å². The highest BCUT2D eigenvalue weighted by atomic mass is 16.5. The third kappa shape index (κ3) is 2.19. The van der Waals surface area contributed by atoms with Gasteiger partial charge in [0.2, 0.25) is 0 Å². The summed E-state index contributed by atoms with van der Waals surface area (Å²) in [5.74, 6) is 0.277. The minimum atomic E-state index is -0.680. The molecule has 3 heteroatoms. The summed E-state index contributed by atoms with van der Waals surface area (Å²) in [5.41, 5.74) is 5.07. The van der Waals surface area contributed by atoms with Gasteiger partial charge in [0.25, 0.3) is 0 Å². The average molecular weight is 215 g/mol. The van der Waals surface area contributed by atoms with Gasteiger partial charge in [-0.2, -0.15) is 0 Å². The van der Waals surface area contributed by atoms with Gasteiger partial charge in [-0.3, -0.25) is 0 Å². The Labute approximate surface area is 93.0 Å². The zero-order chi connectivity index (χ0) is 11.5. The van der Waals surface area contributed by atoms with E-state index < -0.39 is 5.60 Å². The Hall–Kier alpha value is -0.120. The van der Waals surface area contributed by atoms with Gasteiger partial charge in [0.1, 0.15) is 0 Å². The molecule has 0 saturated carbocycles. The Morgan fingerprint density at radius 2 is 2.00 bits per heavy atom. The maximum atomic E-state index is 10.7. The standard InChI is InChI=1S/C12H25NO2/c1-4-10(2)11(3,14)12(9-13)5-7-15-8-6-12/h10,14H,4-9,13H2,1-3H3. The van der Waals surface area contributed by atoms with Gasteiger partial charge in [-0.15, -0.1) is 0 Å². The van der Waals surface area contributed by atoms with Gasteiger partial charge < -0.3 is 15.6 Å². The number of hydrogen-bond donors (Lipinski definition) is 2. The quantitative estimate of drug-likeness (QED) is 0.748. The number of rotatable bonds is 4. The molecule has 0 spiro atoms. The summed E-state index contributed by atoms with van der Waals surface area (Å²) < 4.78 is 5.37. The van der Waals surface area contributed by atoms with E-state index in [9.17, 15) is 5.11 Å². The van der Waals surface area contributed by atoms with E-state index >= 15 is 0 Å². The van der Waals surface area contributed by atoms with Crippen molar-refractivity contribution in [3.8, 4) is 0 Å². The van der Waals surface area contributed by atoms with Crippen LogP contribution in [0.3, 0.4) is 0 Å². The minimum absolute atomic E-state index is 0.152. The molecule has 1 fully saturated rings. The monoisotopic (exact) mass is 215 g/mol. The molecule has 0 aromatic heterocycles. The Bertz CT molecular complexity index is 198. The Morgan fingerprint density at radius 1 is 1.47 bits per heavy atom. The first-order valence-corrected chi connectivity index (χ1v) is 6.00. The fraction of sp³-hybridized carbons (Fsp3) is 1.00. The summed E-state index contributed by atoms with van der Waals surface area (Å²) in [6.07, 6.45) is 2.73. The van der Waals surface area contributed by atoms with Crippen molar-refractivity contribution in [3.05, 3.63) is 0 Å². The van der Waals surface area contributed by atoms with Crippen LogP contribution in [0.5, 0.6) is 0 Å². The molecule has 3 N–H and O–H groups in total. The van der Waals surface area contributed by atoms with Crippen LogP contribution in [0, 0.1) is 11.3 Å². The fourth-order valence-corrected chi connectivity index (χ4v) is 2.60. The molecule has 2 atom stereocenters. The van der Waals surface area contributed by atoms with Gasteiger partial charge in [0.05, 0.1) is 5.60 Å². The van der Waals surface area contributed by atoms with E-state index in [4.69, 9.17) is 10.5 Å². The van der Waals surface area contributed by atoms with Crippen LogP contribution in [0.4, 0.5) is 0 Å². The lowest BCUT2D eigenvalue weighted by Crippen LogP contribution is -2.56. The molecule has 1 aliphatic heterocycles. The predicted molar refractivity (Wildman–Crippen MR) is 61.6 cm³/mol. The Kier molecular flexibility index (Phi) is 4.15. The van der Waals surface area contributed by atoms with Crippen LogP contribution in [-0.2, 0) is 4.74 Å². The van der Waals surface area contributed by atoms with E-state index in [2.05, 4.69) is 13.8 Å². The third-order valence-electron chi connectivity index (χ3n) is 4.49. The molecule has 0 aliphatic carbocycles. The van der Waals surface area contributed by atoms with Crippen LogP contribution in [0.25, 0.3) is 0 Å². The van der Waals surface area contributed by atoms with E-state index in [1.807, 2.05) is 6.92 Å². The summed E-state index contributed by atoms with van der Waals surface area (Å²) in [5, 5.41) is 10.7. The van der Waals surface area contributed by atoms with Gasteiger partial charge in [-0.05, 0) is 25.7 Å². The van der Waals surface area contributed by atoms with Crippen LogP contribution in [0.2, 0.25) is 0 Å². The highest BCUT2D eigenvalue weighted by Crippen LogP contribution is 2.44. The van der Waals surface area contributed by atoms with Crippen LogP contribution >= 0.6 is 0 Å². The number of ether oxygens (including phenoxy) is 1. The van der Waals surface area contributed by atoms with Crippen LogP contribution < -0.4 is 5.73 Å². The average Bonchev–Trinajstić information content (AvgIpc) is 2.28. The van der Waals surface area contributed by atoms with Crippen molar-refractivity contribution in [2.75, 3.05) is 19.8 Å². The normalized spacial score (nSPS) is 27.0. The molecule has 2 unspecified atom stereocenters. The minimum Gasteiger partial charge on any atom is -0.389 e. The molecule has 1 rings (SSSR count). The van der Waals surface area contributed by atoms with Crippen LogP contribution in [-0.4, -0.2) is 30.5 Å². The van der Waals surface area contributed by atoms with E-state index in [1.54, 1.807) is 0 Å². The second kappa shape index (κ2) is 4.81. The van der Waals surface area contributed by atoms with Crippen LogP contribution in [0.1, 0.15) is 40.0 Å². The maximum absolute atomic E-state index is 10.7. The molecule has 3 nitrogen and oxygen atoms in total. The molecule has 0 aromatic rings. The highest BCUT2D eigenvalue weighted by molar-refractivity contribution is 5.00. The van der Waals surface area contributed by atoms with Crippen molar-refractivity contribution in [2.45, 2.75) is 45.6 Å². The first-order valence-electron chi connectivity index (χ1n) is 6.00. The van der Waals surface area contributed by atoms with Gasteiger partial charge in [-0.25, -0.2) is 0 Å². The SMILES string of the molecule is CCC(C)C(C)(O)C1(CN)CCOCC1. The number of hydrogen-bond acceptors (Lipinski definition) is 3. The number of nitrogens with two attached hydrogens (primary N) is 1. The molecular weight excluding hydrogens is 190 g/mol. The molecule has 0 bridgehead atoms. The first-order chi connectivity index (χ1) is 7.00. The summed E-state index contributed by atoms with van der Waals surface area (Å²) in [6, 6.07) is 0.